The van der Waals surface area contributed by atoms with E-state index in [1.807, 2.05) is 24.3 Å². The first-order chi connectivity index (χ1) is 14.6. The topological polar surface area (TPSA) is 56.3 Å². The summed E-state index contributed by atoms with van der Waals surface area (Å²) in [6, 6.07) is 9.68. The Morgan fingerprint density at radius 2 is 1.77 bits per heavy atom. The summed E-state index contributed by atoms with van der Waals surface area (Å²) in [6.07, 6.45) is 5.03. The molecular weight excluding hydrogens is 378 g/mol. The number of benzene rings is 2. The van der Waals surface area contributed by atoms with Crippen LogP contribution < -0.4 is 9.64 Å². The fraction of sp³-hybridized carbons (Fsp3) is 0.542. The predicted octanol–water partition coefficient (Wildman–Crippen LogP) is 3.54. The number of aromatic carboxylic acids is 1. The highest BCUT2D eigenvalue weighted by atomic mass is 16.5. The minimum Gasteiger partial charge on any atom is -0.494 e. The summed E-state index contributed by atoms with van der Waals surface area (Å²) in [7, 11) is 2.10. The molecule has 0 saturated carbocycles. The largest absolute Gasteiger partial charge is 0.494 e. The molecule has 2 fully saturated rings. The van der Waals surface area contributed by atoms with Gasteiger partial charge in [0.25, 0.3) is 0 Å². The number of hydrogen-bond acceptors (Lipinski definition) is 5. The number of carboxylic acids is 1. The third-order valence-corrected chi connectivity index (χ3v) is 6.35. The molecular formula is C24H33N3O3. The van der Waals surface area contributed by atoms with E-state index >= 15 is 0 Å². The van der Waals surface area contributed by atoms with Gasteiger partial charge in [0.1, 0.15) is 5.75 Å². The van der Waals surface area contributed by atoms with Crippen LogP contribution in [0, 0.1) is 0 Å². The van der Waals surface area contributed by atoms with Gasteiger partial charge >= 0.3 is 5.97 Å². The Morgan fingerprint density at radius 3 is 2.50 bits per heavy atom. The van der Waals surface area contributed by atoms with Crippen molar-refractivity contribution < 1.29 is 14.6 Å². The summed E-state index contributed by atoms with van der Waals surface area (Å²) in [6.45, 7) is 7.80. The molecule has 6 heteroatoms. The molecule has 0 atom stereocenters. The van der Waals surface area contributed by atoms with Crippen LogP contribution in [-0.4, -0.2) is 80.3 Å². The SMILES string of the molecule is CN1CCN(c2c(C(=O)O)ccc3cc(OCCCN4CCCCC4)ccc23)CC1. The molecule has 2 aliphatic rings. The molecule has 2 saturated heterocycles. The molecule has 0 bridgehead atoms. The zero-order valence-electron chi connectivity index (χ0n) is 18.0. The summed E-state index contributed by atoms with van der Waals surface area (Å²) < 4.78 is 6.02. The molecule has 162 valence electrons. The van der Waals surface area contributed by atoms with Crippen LogP contribution in [0.5, 0.6) is 5.75 Å². The summed E-state index contributed by atoms with van der Waals surface area (Å²) in [5.41, 5.74) is 1.21. The van der Waals surface area contributed by atoms with Crippen LogP contribution in [0.2, 0.25) is 0 Å². The van der Waals surface area contributed by atoms with Gasteiger partial charge in [-0.25, -0.2) is 4.79 Å². The Balaban J connectivity index is 1.47. The van der Waals surface area contributed by atoms with Gasteiger partial charge < -0.3 is 24.5 Å². The number of fused-ring (bicyclic) bond motifs is 1. The van der Waals surface area contributed by atoms with Crippen LogP contribution in [0.4, 0.5) is 5.69 Å². The van der Waals surface area contributed by atoms with E-state index < -0.39 is 5.97 Å². The van der Waals surface area contributed by atoms with Gasteiger partial charge in [0, 0.05) is 38.1 Å². The van der Waals surface area contributed by atoms with Crippen molar-refractivity contribution >= 4 is 22.4 Å². The second kappa shape index (κ2) is 9.67. The lowest BCUT2D eigenvalue weighted by molar-refractivity contribution is 0.0697. The molecule has 0 aliphatic carbocycles. The van der Waals surface area contributed by atoms with E-state index in [1.165, 1.54) is 32.4 Å². The van der Waals surface area contributed by atoms with Crippen LogP contribution in [0.1, 0.15) is 36.0 Å². The maximum Gasteiger partial charge on any atom is 0.337 e. The molecule has 0 radical (unpaired) electrons. The lowest BCUT2D eigenvalue weighted by Crippen LogP contribution is -2.45. The number of hydrogen-bond donors (Lipinski definition) is 1. The van der Waals surface area contributed by atoms with Crippen molar-refractivity contribution in [3.8, 4) is 5.75 Å². The average molecular weight is 412 g/mol. The Labute approximate surface area is 179 Å². The number of likely N-dealkylation sites (N-methyl/N-ethyl adjacent to an activating group) is 1. The molecule has 0 aromatic heterocycles. The van der Waals surface area contributed by atoms with E-state index in [2.05, 4.69) is 21.7 Å². The van der Waals surface area contributed by atoms with Crippen LogP contribution in [0.15, 0.2) is 30.3 Å². The Bertz CT molecular complexity index is 871. The highest BCUT2D eigenvalue weighted by Gasteiger charge is 2.22. The smallest absolute Gasteiger partial charge is 0.337 e. The van der Waals surface area contributed by atoms with Gasteiger partial charge in [0.15, 0.2) is 0 Å². The fourth-order valence-corrected chi connectivity index (χ4v) is 4.59. The number of nitrogens with zero attached hydrogens (tertiary/aromatic N) is 3. The number of rotatable bonds is 7. The van der Waals surface area contributed by atoms with Crippen molar-refractivity contribution in [2.45, 2.75) is 25.7 Å². The standard InChI is InChI=1S/C24H33N3O3/c1-25-13-15-27(16-14-25)23-21-9-7-20(18-19(21)6-8-22(23)24(28)29)30-17-5-12-26-10-3-2-4-11-26/h6-9,18H,2-5,10-17H2,1H3,(H,28,29). The van der Waals surface area contributed by atoms with Gasteiger partial charge in [-0.05, 0) is 69.1 Å². The van der Waals surface area contributed by atoms with Gasteiger partial charge in [-0.1, -0.05) is 12.5 Å². The summed E-state index contributed by atoms with van der Waals surface area (Å²) in [4.78, 5) is 18.9. The molecule has 1 N–H and O–H groups in total. The first-order valence-corrected chi connectivity index (χ1v) is 11.2. The predicted molar refractivity (Wildman–Crippen MR) is 121 cm³/mol. The lowest BCUT2D eigenvalue weighted by Gasteiger charge is -2.35. The number of anilines is 1. The summed E-state index contributed by atoms with van der Waals surface area (Å²) in [5, 5.41) is 11.8. The quantitative estimate of drug-likeness (QED) is 0.704. The maximum atomic E-state index is 11.9. The molecule has 0 amide bonds. The van der Waals surface area contributed by atoms with Crippen molar-refractivity contribution in [3.63, 3.8) is 0 Å². The first kappa shape index (κ1) is 20.9. The molecule has 0 spiro atoms. The van der Waals surface area contributed by atoms with Crippen molar-refractivity contribution in [3.05, 3.63) is 35.9 Å². The van der Waals surface area contributed by atoms with E-state index in [-0.39, 0.29) is 0 Å². The highest BCUT2D eigenvalue weighted by Crippen LogP contribution is 2.34. The zero-order valence-corrected chi connectivity index (χ0v) is 18.0. The fourth-order valence-electron chi connectivity index (χ4n) is 4.59. The first-order valence-electron chi connectivity index (χ1n) is 11.2. The number of ether oxygens (including phenoxy) is 1. The molecule has 2 aliphatic heterocycles. The molecule has 2 aromatic carbocycles. The monoisotopic (exact) mass is 411 g/mol. The van der Waals surface area contributed by atoms with Crippen molar-refractivity contribution in [1.29, 1.82) is 0 Å². The highest BCUT2D eigenvalue weighted by molar-refractivity contribution is 6.06. The van der Waals surface area contributed by atoms with Gasteiger partial charge in [0.05, 0.1) is 17.9 Å². The van der Waals surface area contributed by atoms with Crippen molar-refractivity contribution in [1.82, 2.24) is 9.80 Å². The number of likely N-dealkylation sites (tertiary alicyclic amines) is 1. The minimum atomic E-state index is -0.871. The second-order valence-corrected chi connectivity index (χ2v) is 8.54. The third-order valence-electron chi connectivity index (χ3n) is 6.35. The Hall–Kier alpha value is -2.31. The maximum absolute atomic E-state index is 11.9. The number of piperidine rings is 1. The molecule has 2 aromatic rings. The molecule has 6 nitrogen and oxygen atoms in total. The lowest BCUT2D eigenvalue weighted by atomic mass is 10.0. The Morgan fingerprint density at radius 1 is 1.00 bits per heavy atom. The van der Waals surface area contributed by atoms with E-state index in [1.54, 1.807) is 6.07 Å². The molecule has 2 heterocycles. The van der Waals surface area contributed by atoms with Crippen LogP contribution in [-0.2, 0) is 0 Å². The molecule has 30 heavy (non-hydrogen) atoms. The van der Waals surface area contributed by atoms with E-state index in [0.29, 0.717) is 12.2 Å². The van der Waals surface area contributed by atoms with Crippen LogP contribution in [0.25, 0.3) is 10.8 Å². The Kier molecular flexibility index (Phi) is 6.75. The van der Waals surface area contributed by atoms with Crippen LogP contribution in [0.3, 0.4) is 0 Å². The summed E-state index contributed by atoms with van der Waals surface area (Å²) >= 11 is 0. The van der Waals surface area contributed by atoms with Gasteiger partial charge in [-0.2, -0.15) is 0 Å². The molecule has 0 unspecified atom stereocenters. The van der Waals surface area contributed by atoms with Gasteiger partial charge in [-0.15, -0.1) is 0 Å². The zero-order chi connectivity index (χ0) is 20.9. The average Bonchev–Trinajstić information content (AvgIpc) is 2.77. The van der Waals surface area contributed by atoms with E-state index in [0.717, 1.165) is 61.4 Å². The molecule has 4 rings (SSSR count). The number of piperazine rings is 1. The van der Waals surface area contributed by atoms with E-state index in [9.17, 15) is 9.90 Å². The van der Waals surface area contributed by atoms with Crippen molar-refractivity contribution in [2.24, 2.45) is 0 Å². The summed E-state index contributed by atoms with van der Waals surface area (Å²) in [5.74, 6) is -0.0163. The normalized spacial score (nSPS) is 18.6. The number of carbonyl (C=O) groups is 1. The van der Waals surface area contributed by atoms with Gasteiger partial charge in [-0.3, -0.25) is 0 Å². The minimum absolute atomic E-state index is 0.377. The van der Waals surface area contributed by atoms with Crippen molar-refractivity contribution in [2.75, 3.05) is 64.4 Å². The van der Waals surface area contributed by atoms with E-state index in [4.69, 9.17) is 4.74 Å². The second-order valence-electron chi connectivity index (χ2n) is 8.54. The number of carboxylic acid groups (broad SMARTS) is 1. The van der Waals surface area contributed by atoms with Gasteiger partial charge in [0.2, 0.25) is 0 Å². The van der Waals surface area contributed by atoms with Crippen LogP contribution >= 0.6 is 0 Å². The third kappa shape index (κ3) is 4.87.